The number of halogens is 3. The van der Waals surface area contributed by atoms with Crippen molar-refractivity contribution in [1.82, 2.24) is 15.1 Å². The molecule has 0 bridgehead atoms. The molecule has 0 spiro atoms. The minimum atomic E-state index is -1.60. The molecule has 2 atom stereocenters. The van der Waals surface area contributed by atoms with E-state index in [1.807, 2.05) is 30.3 Å². The Bertz CT molecular complexity index is 1360. The summed E-state index contributed by atoms with van der Waals surface area (Å²) in [5, 5.41) is 17.9. The molecule has 2 heterocycles. The fraction of sp³-hybridized carbons (Fsp3) is 0.345. The smallest absolute Gasteiger partial charge is 0.243 e. The van der Waals surface area contributed by atoms with Crippen LogP contribution in [0.5, 0.6) is 0 Å². The van der Waals surface area contributed by atoms with Crippen LogP contribution in [0, 0.1) is 23.1 Å². The summed E-state index contributed by atoms with van der Waals surface area (Å²) in [5.74, 6) is -0.612. The van der Waals surface area contributed by atoms with Crippen LogP contribution >= 0.6 is 11.6 Å². The van der Waals surface area contributed by atoms with Gasteiger partial charge in [0.15, 0.2) is 0 Å². The van der Waals surface area contributed by atoms with Crippen molar-refractivity contribution in [3.8, 4) is 6.07 Å². The maximum Gasteiger partial charge on any atom is 0.243 e. The summed E-state index contributed by atoms with van der Waals surface area (Å²) in [4.78, 5) is 2.30. The monoisotopic (exact) mass is 520 g/mol. The molecule has 5 rings (SSSR count). The number of benzene rings is 2. The number of hydrogen-bond donors (Lipinski definition) is 0. The Labute approximate surface area is 220 Å². The van der Waals surface area contributed by atoms with Crippen molar-refractivity contribution < 1.29 is 13.2 Å². The Morgan fingerprint density at radius 1 is 1.16 bits per heavy atom. The fourth-order valence-electron chi connectivity index (χ4n) is 5.71. The molecule has 2 aromatic carbocycles. The molecular weight excluding hydrogens is 494 g/mol. The van der Waals surface area contributed by atoms with Gasteiger partial charge in [-0.15, -0.1) is 10.2 Å². The van der Waals surface area contributed by atoms with Gasteiger partial charge < -0.3 is 4.42 Å². The van der Waals surface area contributed by atoms with Crippen molar-refractivity contribution in [2.75, 3.05) is 13.1 Å². The van der Waals surface area contributed by atoms with E-state index in [-0.39, 0.29) is 17.5 Å². The van der Waals surface area contributed by atoms with Gasteiger partial charge in [0.25, 0.3) is 0 Å². The third kappa shape index (κ3) is 5.36. The second-order valence-electron chi connectivity index (χ2n) is 10.3. The van der Waals surface area contributed by atoms with Gasteiger partial charge in [0.1, 0.15) is 11.5 Å². The second kappa shape index (κ2) is 10.2. The Hall–Kier alpha value is -3.34. The van der Waals surface area contributed by atoms with E-state index in [4.69, 9.17) is 16.0 Å². The minimum Gasteiger partial charge on any atom is -0.424 e. The first kappa shape index (κ1) is 25.3. The van der Waals surface area contributed by atoms with Gasteiger partial charge >= 0.3 is 0 Å². The van der Waals surface area contributed by atoms with Crippen molar-refractivity contribution >= 4 is 17.2 Å². The van der Waals surface area contributed by atoms with Crippen molar-refractivity contribution in [3.05, 3.63) is 100 Å². The van der Waals surface area contributed by atoms with E-state index in [2.05, 4.69) is 27.2 Å². The van der Waals surface area contributed by atoms with Gasteiger partial charge in [-0.2, -0.15) is 5.26 Å². The van der Waals surface area contributed by atoms with Crippen LogP contribution in [0.1, 0.15) is 61.2 Å². The topological polar surface area (TPSA) is 66.0 Å². The van der Waals surface area contributed by atoms with Gasteiger partial charge in [-0.25, -0.2) is 8.78 Å². The maximum atomic E-state index is 15.6. The predicted octanol–water partition coefficient (Wildman–Crippen LogP) is 7.04. The number of aromatic nitrogens is 2. The van der Waals surface area contributed by atoms with E-state index in [1.54, 1.807) is 6.07 Å². The molecule has 3 aromatic rings. The summed E-state index contributed by atoms with van der Waals surface area (Å²) in [6, 6.07) is 13.8. The number of nitrogens with zero attached hydrogens (tertiary/aromatic N) is 4. The molecule has 37 heavy (non-hydrogen) atoms. The van der Waals surface area contributed by atoms with Gasteiger partial charge in [0.05, 0.1) is 17.7 Å². The first-order valence-electron chi connectivity index (χ1n) is 12.3. The van der Waals surface area contributed by atoms with E-state index in [1.165, 1.54) is 32.4 Å². The quantitative estimate of drug-likeness (QED) is 0.334. The Morgan fingerprint density at radius 3 is 2.57 bits per heavy atom. The number of allylic oxidation sites excluding steroid dienone is 2. The van der Waals surface area contributed by atoms with Crippen molar-refractivity contribution in [1.29, 1.82) is 5.26 Å². The number of likely N-dealkylation sites (tertiary alicyclic amines) is 1. The highest BCUT2D eigenvalue weighted by molar-refractivity contribution is 6.30. The summed E-state index contributed by atoms with van der Waals surface area (Å²) < 4.78 is 35.3. The van der Waals surface area contributed by atoms with Gasteiger partial charge in [-0.3, -0.25) is 4.90 Å². The Kier molecular flexibility index (Phi) is 6.98. The van der Waals surface area contributed by atoms with E-state index in [0.717, 1.165) is 29.6 Å². The molecular formula is C29H27ClF2N4O. The highest BCUT2D eigenvalue weighted by atomic mass is 35.5. The normalized spacial score (nSPS) is 18.4. The van der Waals surface area contributed by atoms with E-state index in [0.29, 0.717) is 29.6 Å². The molecule has 1 aliphatic heterocycles. The van der Waals surface area contributed by atoms with E-state index < -0.39 is 17.4 Å². The number of hydrogen-bond acceptors (Lipinski definition) is 5. The molecule has 0 saturated carbocycles. The van der Waals surface area contributed by atoms with Gasteiger partial charge in [-0.1, -0.05) is 29.8 Å². The molecule has 1 saturated heterocycles. The van der Waals surface area contributed by atoms with E-state index >= 15 is 4.39 Å². The zero-order valence-corrected chi connectivity index (χ0v) is 21.4. The van der Waals surface area contributed by atoms with Crippen LogP contribution in [0.4, 0.5) is 8.78 Å². The molecule has 8 heteroatoms. The van der Waals surface area contributed by atoms with Crippen LogP contribution in [0.25, 0.3) is 5.57 Å². The molecule has 2 aliphatic rings. The second-order valence-corrected chi connectivity index (χ2v) is 10.7. The average molecular weight is 521 g/mol. The van der Waals surface area contributed by atoms with Crippen molar-refractivity contribution in [2.24, 2.45) is 5.92 Å². The lowest BCUT2D eigenvalue weighted by Gasteiger charge is -2.50. The molecule has 1 aromatic heterocycles. The van der Waals surface area contributed by atoms with Crippen LogP contribution in [-0.4, -0.2) is 33.9 Å². The number of alkyl halides is 1. The van der Waals surface area contributed by atoms with Gasteiger partial charge in [0, 0.05) is 29.6 Å². The molecule has 1 fully saturated rings. The third-order valence-electron chi connectivity index (χ3n) is 7.19. The Morgan fingerprint density at radius 2 is 1.92 bits per heavy atom. The fourth-order valence-corrected chi connectivity index (χ4v) is 5.84. The minimum absolute atomic E-state index is 0.0493. The summed E-state index contributed by atoms with van der Waals surface area (Å²) in [7, 11) is 0. The van der Waals surface area contributed by atoms with Crippen LogP contribution in [0.2, 0.25) is 5.02 Å². The first-order chi connectivity index (χ1) is 17.7. The summed E-state index contributed by atoms with van der Waals surface area (Å²) >= 11 is 6.18. The maximum absolute atomic E-state index is 15.6. The van der Waals surface area contributed by atoms with Crippen molar-refractivity contribution in [3.63, 3.8) is 0 Å². The number of nitriles is 1. The first-order valence-corrected chi connectivity index (χ1v) is 12.7. The van der Waals surface area contributed by atoms with Crippen molar-refractivity contribution in [2.45, 2.75) is 44.3 Å². The number of rotatable bonds is 7. The highest BCUT2D eigenvalue weighted by Gasteiger charge is 2.45. The highest BCUT2D eigenvalue weighted by Crippen LogP contribution is 2.46. The Balaban J connectivity index is 1.45. The summed E-state index contributed by atoms with van der Waals surface area (Å²) in [5.41, 5.74) is 2.29. The average Bonchev–Trinajstić information content (AvgIpc) is 3.38. The van der Waals surface area contributed by atoms with E-state index in [9.17, 15) is 9.65 Å². The van der Waals surface area contributed by atoms with Gasteiger partial charge in [-0.05, 0) is 85.7 Å². The molecule has 0 radical (unpaired) electrons. The molecule has 190 valence electrons. The largest absolute Gasteiger partial charge is 0.424 e. The van der Waals surface area contributed by atoms with Crippen LogP contribution in [0.3, 0.4) is 0 Å². The lowest BCUT2D eigenvalue weighted by Crippen LogP contribution is -2.54. The molecule has 5 nitrogen and oxygen atoms in total. The van der Waals surface area contributed by atoms with Crippen LogP contribution in [0.15, 0.2) is 71.0 Å². The van der Waals surface area contributed by atoms with Gasteiger partial charge in [0.2, 0.25) is 12.3 Å². The summed E-state index contributed by atoms with van der Waals surface area (Å²) in [6.45, 7) is 4.28. The molecule has 1 unspecified atom stereocenters. The SMILES string of the molecule is CC(C)(F)[C@H](c1cc(F)cc(C#N)c1)C1CN(C(C2=CCCC(c3nnco3)=C2)c2ccc(Cl)cc2)C1. The van der Waals surface area contributed by atoms with Crippen LogP contribution in [-0.2, 0) is 0 Å². The molecule has 0 amide bonds. The summed E-state index contributed by atoms with van der Waals surface area (Å²) in [6.07, 6.45) is 7.29. The molecule has 0 N–H and O–H groups in total. The lowest BCUT2D eigenvalue weighted by atomic mass is 9.72. The standard InChI is InChI=1S/C29H27ClF2N4O/c1-29(2,32)26(22-10-18(14-33)11-25(31)13-22)23-15-36(16-23)27(19-6-8-24(30)9-7-19)20-4-3-5-21(12-20)28-35-34-17-37-28/h4,6-13,17,23,26-27H,3,5,15-16H2,1-2H3/t26-,27?/m1/s1. The zero-order chi connectivity index (χ0) is 26.2. The third-order valence-corrected chi connectivity index (χ3v) is 7.45. The zero-order valence-electron chi connectivity index (χ0n) is 20.7. The van der Waals surface area contributed by atoms with Crippen LogP contribution < -0.4 is 0 Å². The predicted molar refractivity (Wildman–Crippen MR) is 138 cm³/mol. The molecule has 1 aliphatic carbocycles. The lowest BCUT2D eigenvalue weighted by molar-refractivity contribution is 0.00786.